The molecular formula is C19H28N4O3. The van der Waals surface area contributed by atoms with Crippen LogP contribution in [0.15, 0.2) is 18.3 Å². The Morgan fingerprint density at radius 1 is 1.38 bits per heavy atom. The molecule has 0 saturated carbocycles. The first-order valence-corrected chi connectivity index (χ1v) is 9.37. The number of ether oxygens (including phenoxy) is 2. The van der Waals surface area contributed by atoms with Crippen molar-refractivity contribution in [2.75, 3.05) is 40.0 Å². The lowest BCUT2D eigenvalue weighted by Crippen LogP contribution is -2.33. The molecule has 1 atom stereocenters. The largest absolute Gasteiger partial charge is 0.383 e. The predicted octanol–water partition coefficient (Wildman–Crippen LogP) is 2.21. The zero-order valence-electron chi connectivity index (χ0n) is 15.7. The third-order valence-corrected chi connectivity index (χ3v) is 4.74. The first kappa shape index (κ1) is 18.8. The number of pyridine rings is 1. The first-order chi connectivity index (χ1) is 12.7. The van der Waals surface area contributed by atoms with Gasteiger partial charge in [0.1, 0.15) is 11.3 Å². The Morgan fingerprint density at radius 2 is 2.27 bits per heavy atom. The monoisotopic (exact) mass is 360 g/mol. The van der Waals surface area contributed by atoms with Crippen LogP contribution in [0.1, 0.15) is 38.1 Å². The Balaban J connectivity index is 1.66. The molecule has 1 aliphatic heterocycles. The van der Waals surface area contributed by atoms with E-state index in [1.165, 1.54) is 0 Å². The molecule has 3 rings (SSSR count). The van der Waals surface area contributed by atoms with Gasteiger partial charge in [-0.15, -0.1) is 0 Å². The second kappa shape index (κ2) is 9.09. The zero-order chi connectivity index (χ0) is 18.4. The Kier molecular flexibility index (Phi) is 6.57. The fourth-order valence-corrected chi connectivity index (χ4v) is 3.48. The van der Waals surface area contributed by atoms with Crippen molar-refractivity contribution >= 4 is 17.1 Å². The Hall–Kier alpha value is -1.99. The van der Waals surface area contributed by atoms with E-state index in [4.69, 9.17) is 14.5 Å². The molecule has 26 heavy (non-hydrogen) atoms. The summed E-state index contributed by atoms with van der Waals surface area (Å²) in [6, 6.07) is 4.02. The lowest BCUT2D eigenvalue weighted by Gasteiger charge is -2.20. The van der Waals surface area contributed by atoms with E-state index in [1.54, 1.807) is 13.3 Å². The number of rotatable bonds is 7. The van der Waals surface area contributed by atoms with Gasteiger partial charge < -0.3 is 18.9 Å². The Bertz CT molecular complexity index is 723. The number of imidazole rings is 1. The molecule has 1 aliphatic rings. The van der Waals surface area contributed by atoms with Gasteiger partial charge in [0.05, 0.1) is 19.3 Å². The highest BCUT2D eigenvalue weighted by Gasteiger charge is 2.19. The summed E-state index contributed by atoms with van der Waals surface area (Å²) in [6.07, 6.45) is 4.77. The van der Waals surface area contributed by atoms with Gasteiger partial charge in [0, 0.05) is 45.8 Å². The van der Waals surface area contributed by atoms with Crippen molar-refractivity contribution < 1.29 is 14.3 Å². The van der Waals surface area contributed by atoms with Crippen LogP contribution >= 0.6 is 0 Å². The molecule has 0 spiro atoms. The molecule has 0 unspecified atom stereocenters. The van der Waals surface area contributed by atoms with E-state index in [0.717, 1.165) is 49.4 Å². The first-order valence-electron chi connectivity index (χ1n) is 9.37. The predicted molar refractivity (Wildman–Crippen MR) is 99.1 cm³/mol. The SMILES string of the molecule is COC[C@H](C)n1c(CCCC(=O)N2CCCOCC2)nc2cccnc21. The maximum atomic E-state index is 12.4. The standard InChI is InChI=1S/C19H28N4O3/c1-15(14-25-2)23-17(21-16-6-4-9-20-19(16)23)7-3-8-18(24)22-10-5-12-26-13-11-22/h4,6,9,15H,3,5,7-8,10-14H2,1-2H3/t15-/m0/s1. The maximum absolute atomic E-state index is 12.4. The van der Waals surface area contributed by atoms with Gasteiger partial charge in [-0.05, 0) is 31.9 Å². The fraction of sp³-hybridized carbons (Fsp3) is 0.632. The number of methoxy groups -OCH3 is 1. The van der Waals surface area contributed by atoms with Crippen LogP contribution in [0.2, 0.25) is 0 Å². The van der Waals surface area contributed by atoms with Gasteiger partial charge in [-0.1, -0.05) is 0 Å². The van der Waals surface area contributed by atoms with Gasteiger partial charge in [0.15, 0.2) is 5.65 Å². The average Bonchev–Trinajstić information content (AvgIpc) is 2.80. The van der Waals surface area contributed by atoms with E-state index in [2.05, 4.69) is 16.5 Å². The minimum absolute atomic E-state index is 0.147. The lowest BCUT2D eigenvalue weighted by molar-refractivity contribution is -0.131. The van der Waals surface area contributed by atoms with Crippen molar-refractivity contribution in [2.24, 2.45) is 0 Å². The summed E-state index contributed by atoms with van der Waals surface area (Å²) < 4.78 is 12.9. The lowest BCUT2D eigenvalue weighted by atomic mass is 10.2. The molecule has 142 valence electrons. The van der Waals surface area contributed by atoms with Crippen LogP contribution < -0.4 is 0 Å². The molecule has 1 amide bonds. The van der Waals surface area contributed by atoms with Crippen LogP contribution in [0, 0.1) is 0 Å². The molecule has 0 N–H and O–H groups in total. The molecule has 7 nitrogen and oxygen atoms in total. The van der Waals surface area contributed by atoms with E-state index in [1.807, 2.05) is 17.0 Å². The number of aryl methyl sites for hydroxylation is 1. The highest BCUT2D eigenvalue weighted by atomic mass is 16.5. The van der Waals surface area contributed by atoms with Crippen LogP contribution in [0.3, 0.4) is 0 Å². The summed E-state index contributed by atoms with van der Waals surface area (Å²) in [5, 5.41) is 0. The van der Waals surface area contributed by atoms with Crippen LogP contribution in [-0.4, -0.2) is 65.4 Å². The summed E-state index contributed by atoms with van der Waals surface area (Å²) in [6.45, 7) is 5.59. The molecule has 0 aliphatic carbocycles. The van der Waals surface area contributed by atoms with Crippen molar-refractivity contribution in [1.29, 1.82) is 0 Å². The van der Waals surface area contributed by atoms with Crippen LogP contribution in [-0.2, 0) is 20.7 Å². The molecular weight excluding hydrogens is 332 g/mol. The van der Waals surface area contributed by atoms with Gasteiger partial charge in [0.2, 0.25) is 5.91 Å². The molecule has 1 saturated heterocycles. The van der Waals surface area contributed by atoms with Gasteiger partial charge >= 0.3 is 0 Å². The van der Waals surface area contributed by atoms with Crippen LogP contribution in [0.4, 0.5) is 0 Å². The second-order valence-electron chi connectivity index (χ2n) is 6.75. The average molecular weight is 360 g/mol. The summed E-state index contributed by atoms with van der Waals surface area (Å²) >= 11 is 0. The van der Waals surface area contributed by atoms with Crippen molar-refractivity contribution in [3.8, 4) is 0 Å². The van der Waals surface area contributed by atoms with Gasteiger partial charge in [-0.3, -0.25) is 4.79 Å². The Morgan fingerprint density at radius 3 is 3.12 bits per heavy atom. The minimum atomic E-state index is 0.147. The summed E-state index contributed by atoms with van der Waals surface area (Å²) in [7, 11) is 1.70. The normalized spacial score (nSPS) is 16.6. The van der Waals surface area contributed by atoms with Crippen molar-refractivity contribution in [1.82, 2.24) is 19.4 Å². The Labute approximate surface area is 154 Å². The molecule has 2 aromatic rings. The summed E-state index contributed by atoms with van der Waals surface area (Å²) in [5.41, 5.74) is 1.77. The fourth-order valence-electron chi connectivity index (χ4n) is 3.48. The summed E-state index contributed by atoms with van der Waals surface area (Å²) in [5.74, 6) is 1.18. The molecule has 0 radical (unpaired) electrons. The molecule has 3 heterocycles. The van der Waals surface area contributed by atoms with Crippen LogP contribution in [0.25, 0.3) is 11.2 Å². The van der Waals surface area contributed by atoms with E-state index in [-0.39, 0.29) is 11.9 Å². The molecule has 0 aromatic carbocycles. The summed E-state index contributed by atoms with van der Waals surface area (Å²) in [4.78, 5) is 23.6. The van der Waals surface area contributed by atoms with E-state index >= 15 is 0 Å². The number of nitrogens with zero attached hydrogens (tertiary/aromatic N) is 4. The molecule has 1 fully saturated rings. The number of amides is 1. The van der Waals surface area contributed by atoms with E-state index in [0.29, 0.717) is 26.2 Å². The molecule has 2 aromatic heterocycles. The maximum Gasteiger partial charge on any atom is 0.222 e. The quantitative estimate of drug-likeness (QED) is 0.757. The third-order valence-electron chi connectivity index (χ3n) is 4.74. The van der Waals surface area contributed by atoms with Gasteiger partial charge in [0.25, 0.3) is 0 Å². The number of carbonyl (C=O) groups is 1. The highest BCUT2D eigenvalue weighted by Crippen LogP contribution is 2.21. The van der Waals surface area contributed by atoms with Crippen LogP contribution in [0.5, 0.6) is 0 Å². The number of hydrogen-bond donors (Lipinski definition) is 0. The number of carbonyl (C=O) groups excluding carboxylic acids is 1. The highest BCUT2D eigenvalue weighted by molar-refractivity contribution is 5.76. The van der Waals surface area contributed by atoms with Gasteiger partial charge in [-0.25, -0.2) is 9.97 Å². The number of aromatic nitrogens is 3. The minimum Gasteiger partial charge on any atom is -0.383 e. The number of fused-ring (bicyclic) bond motifs is 1. The van der Waals surface area contributed by atoms with E-state index < -0.39 is 0 Å². The van der Waals surface area contributed by atoms with E-state index in [9.17, 15) is 4.79 Å². The second-order valence-corrected chi connectivity index (χ2v) is 6.75. The third kappa shape index (κ3) is 4.40. The number of hydrogen-bond acceptors (Lipinski definition) is 5. The smallest absolute Gasteiger partial charge is 0.222 e. The van der Waals surface area contributed by atoms with Crippen molar-refractivity contribution in [3.63, 3.8) is 0 Å². The molecule has 0 bridgehead atoms. The topological polar surface area (TPSA) is 69.5 Å². The van der Waals surface area contributed by atoms with Crippen molar-refractivity contribution in [2.45, 2.75) is 38.6 Å². The van der Waals surface area contributed by atoms with Gasteiger partial charge in [-0.2, -0.15) is 0 Å². The van der Waals surface area contributed by atoms with Crippen molar-refractivity contribution in [3.05, 3.63) is 24.2 Å². The molecule has 7 heteroatoms. The zero-order valence-corrected chi connectivity index (χ0v) is 15.7.